The van der Waals surface area contributed by atoms with Crippen LogP contribution in [0.15, 0.2) is 41.2 Å². The van der Waals surface area contributed by atoms with Gasteiger partial charge < -0.3 is 20.5 Å². The van der Waals surface area contributed by atoms with Crippen LogP contribution in [0.3, 0.4) is 0 Å². The van der Waals surface area contributed by atoms with Gasteiger partial charge in [0.1, 0.15) is 5.56 Å². The summed E-state index contributed by atoms with van der Waals surface area (Å²) in [6.45, 7) is 1.01. The number of aromatic amines is 1. The number of rotatable bonds is 3. The fourth-order valence-electron chi connectivity index (χ4n) is 3.96. The number of aromatic nitrogens is 1. The van der Waals surface area contributed by atoms with Crippen LogP contribution in [-0.4, -0.2) is 46.7 Å². The number of carbonyl (C=O) groups excluding carboxylic acids is 3. The van der Waals surface area contributed by atoms with Gasteiger partial charge in [-0.25, -0.2) is 4.79 Å². The zero-order chi connectivity index (χ0) is 21.1. The van der Waals surface area contributed by atoms with E-state index >= 15 is 0 Å². The molecule has 1 saturated heterocycles. The van der Waals surface area contributed by atoms with Crippen LogP contribution in [0.5, 0.6) is 0 Å². The first kappa shape index (κ1) is 19.9. The number of para-hydroxylation sites is 1. The predicted molar refractivity (Wildman–Crippen MR) is 112 cm³/mol. The number of aryl methyl sites for hydroxylation is 1. The molecule has 156 valence electrons. The molecule has 0 spiro atoms. The Morgan fingerprint density at radius 1 is 1.03 bits per heavy atom. The lowest BCUT2D eigenvalue weighted by molar-refractivity contribution is 0.0917. The van der Waals surface area contributed by atoms with Gasteiger partial charge in [-0.3, -0.25) is 14.4 Å². The average molecular weight is 408 g/mol. The van der Waals surface area contributed by atoms with Crippen LogP contribution in [0.2, 0.25) is 0 Å². The third-order valence-corrected chi connectivity index (χ3v) is 5.64. The van der Waals surface area contributed by atoms with Gasteiger partial charge in [-0.15, -0.1) is 0 Å². The van der Waals surface area contributed by atoms with Gasteiger partial charge in [-0.05, 0) is 43.9 Å². The van der Waals surface area contributed by atoms with E-state index in [9.17, 15) is 19.2 Å². The zero-order valence-electron chi connectivity index (χ0n) is 16.6. The summed E-state index contributed by atoms with van der Waals surface area (Å²) in [5.41, 5.74) is 1.29. The Labute approximate surface area is 173 Å². The van der Waals surface area contributed by atoms with Crippen LogP contribution >= 0.6 is 0 Å². The number of ketones is 1. The number of nitrogens with one attached hydrogen (secondary N) is 3. The maximum Gasteiger partial charge on any atom is 0.321 e. The lowest BCUT2D eigenvalue weighted by Crippen LogP contribution is -2.48. The van der Waals surface area contributed by atoms with Crippen molar-refractivity contribution in [3.05, 3.63) is 63.6 Å². The molecule has 0 saturated carbocycles. The van der Waals surface area contributed by atoms with Gasteiger partial charge in [0.25, 0.3) is 11.5 Å². The van der Waals surface area contributed by atoms with Crippen LogP contribution in [0.4, 0.5) is 10.5 Å². The number of likely N-dealkylation sites (tertiary alicyclic amines) is 1. The Hall–Kier alpha value is -3.42. The molecule has 1 aliphatic carbocycles. The number of nitrogens with zero attached hydrogens (tertiary/aromatic N) is 1. The molecule has 2 aromatic rings. The monoisotopic (exact) mass is 408 g/mol. The molecule has 0 bridgehead atoms. The molecule has 1 aromatic carbocycles. The van der Waals surface area contributed by atoms with E-state index in [2.05, 4.69) is 15.6 Å². The molecular formula is C22H24N4O4. The highest BCUT2D eigenvalue weighted by Gasteiger charge is 2.26. The molecule has 8 nitrogen and oxygen atoms in total. The molecule has 2 heterocycles. The first-order valence-electron chi connectivity index (χ1n) is 10.2. The molecule has 8 heteroatoms. The third-order valence-electron chi connectivity index (χ3n) is 5.64. The van der Waals surface area contributed by atoms with Gasteiger partial charge in [-0.2, -0.15) is 0 Å². The fourth-order valence-corrected chi connectivity index (χ4v) is 3.96. The molecule has 2 aliphatic rings. The van der Waals surface area contributed by atoms with Crippen molar-refractivity contribution in [1.82, 2.24) is 15.2 Å². The van der Waals surface area contributed by atoms with Crippen LogP contribution in [0.25, 0.3) is 0 Å². The molecule has 3 amide bonds. The zero-order valence-corrected chi connectivity index (χ0v) is 16.6. The normalized spacial score (nSPS) is 16.7. The molecule has 0 atom stereocenters. The Morgan fingerprint density at radius 2 is 1.77 bits per heavy atom. The summed E-state index contributed by atoms with van der Waals surface area (Å²) < 4.78 is 0. The van der Waals surface area contributed by atoms with E-state index in [1.54, 1.807) is 4.90 Å². The van der Waals surface area contributed by atoms with Crippen molar-refractivity contribution in [2.75, 3.05) is 18.4 Å². The molecule has 0 unspecified atom stereocenters. The third kappa shape index (κ3) is 4.27. The Kier molecular flexibility index (Phi) is 5.65. The van der Waals surface area contributed by atoms with Crippen molar-refractivity contribution in [2.24, 2.45) is 0 Å². The van der Waals surface area contributed by atoms with Gasteiger partial charge >= 0.3 is 6.03 Å². The van der Waals surface area contributed by atoms with E-state index in [4.69, 9.17) is 0 Å². The number of hydrogen-bond donors (Lipinski definition) is 3. The van der Waals surface area contributed by atoms with Crippen molar-refractivity contribution >= 4 is 23.4 Å². The smallest absolute Gasteiger partial charge is 0.321 e. The Morgan fingerprint density at radius 3 is 2.50 bits per heavy atom. The van der Waals surface area contributed by atoms with E-state index in [0.29, 0.717) is 56.5 Å². The van der Waals surface area contributed by atoms with Crippen LogP contribution < -0.4 is 16.2 Å². The SMILES string of the molecule is O=C1CCCc2[nH]c(=O)c(C(=O)NC3CCN(C(=O)Nc4ccccc4)CC3)cc21. The Bertz CT molecular complexity index is 1020. The van der Waals surface area contributed by atoms with Crippen molar-refractivity contribution in [2.45, 2.75) is 38.1 Å². The van der Waals surface area contributed by atoms with Crippen LogP contribution in [0, 0.1) is 0 Å². The van der Waals surface area contributed by atoms with E-state index < -0.39 is 11.5 Å². The van der Waals surface area contributed by atoms with Gasteiger partial charge in [0.15, 0.2) is 5.78 Å². The highest BCUT2D eigenvalue weighted by molar-refractivity contribution is 6.01. The van der Waals surface area contributed by atoms with E-state index in [0.717, 1.165) is 5.69 Å². The van der Waals surface area contributed by atoms with Crippen LogP contribution in [-0.2, 0) is 6.42 Å². The maximum atomic E-state index is 12.6. The number of anilines is 1. The summed E-state index contributed by atoms with van der Waals surface area (Å²) in [5, 5.41) is 5.73. The number of amides is 3. The van der Waals surface area contributed by atoms with Crippen molar-refractivity contribution in [3.8, 4) is 0 Å². The molecule has 0 radical (unpaired) electrons. The minimum atomic E-state index is -0.482. The minimum absolute atomic E-state index is 0.0340. The van der Waals surface area contributed by atoms with Crippen molar-refractivity contribution in [3.63, 3.8) is 0 Å². The molecule has 1 aromatic heterocycles. The first-order chi connectivity index (χ1) is 14.5. The van der Waals surface area contributed by atoms with Crippen molar-refractivity contribution in [1.29, 1.82) is 0 Å². The lowest BCUT2D eigenvalue weighted by Gasteiger charge is -2.32. The minimum Gasteiger partial charge on any atom is -0.349 e. The topological polar surface area (TPSA) is 111 Å². The average Bonchev–Trinajstić information content (AvgIpc) is 2.74. The lowest BCUT2D eigenvalue weighted by atomic mass is 9.93. The predicted octanol–water partition coefficient (Wildman–Crippen LogP) is 2.32. The van der Waals surface area contributed by atoms with Crippen LogP contribution in [0.1, 0.15) is 52.1 Å². The number of piperidine rings is 1. The van der Waals surface area contributed by atoms with E-state index in [1.807, 2.05) is 30.3 Å². The number of pyridine rings is 1. The first-order valence-corrected chi connectivity index (χ1v) is 10.2. The van der Waals surface area contributed by atoms with Gasteiger partial charge in [-0.1, -0.05) is 18.2 Å². The summed E-state index contributed by atoms with van der Waals surface area (Å²) in [6.07, 6.45) is 2.97. The van der Waals surface area contributed by atoms with Gasteiger partial charge in [0, 0.05) is 42.5 Å². The van der Waals surface area contributed by atoms with E-state index in [1.165, 1.54) is 6.07 Å². The number of urea groups is 1. The number of carbonyl (C=O) groups is 3. The molecule has 4 rings (SSSR count). The summed E-state index contributed by atoms with van der Waals surface area (Å²) in [6, 6.07) is 10.4. The molecule has 1 fully saturated rings. The molecular weight excluding hydrogens is 384 g/mol. The number of fused-ring (bicyclic) bond motifs is 1. The summed E-state index contributed by atoms with van der Waals surface area (Å²) in [7, 11) is 0. The fraction of sp³-hybridized carbons (Fsp3) is 0.364. The Balaban J connectivity index is 1.35. The highest BCUT2D eigenvalue weighted by Crippen LogP contribution is 2.19. The van der Waals surface area contributed by atoms with Gasteiger partial charge in [0.05, 0.1) is 0 Å². The number of Topliss-reactive ketones (excluding diaryl/α,β-unsaturated/α-hetero) is 1. The highest BCUT2D eigenvalue weighted by atomic mass is 16.2. The second-order valence-corrected chi connectivity index (χ2v) is 7.71. The molecule has 30 heavy (non-hydrogen) atoms. The second kappa shape index (κ2) is 8.52. The van der Waals surface area contributed by atoms with Gasteiger partial charge in [0.2, 0.25) is 0 Å². The van der Waals surface area contributed by atoms with Crippen molar-refractivity contribution < 1.29 is 14.4 Å². The summed E-state index contributed by atoms with van der Waals surface area (Å²) in [5.74, 6) is -0.524. The standard InChI is InChI=1S/C22H24N4O4/c27-19-8-4-7-18-16(19)13-17(21(29)25-18)20(28)23-15-9-11-26(12-10-15)22(30)24-14-5-2-1-3-6-14/h1-3,5-6,13,15H,4,7-12H2,(H,23,28)(H,24,30)(H,25,29). The number of hydrogen-bond acceptors (Lipinski definition) is 4. The number of H-pyrrole nitrogens is 1. The molecule has 1 aliphatic heterocycles. The maximum absolute atomic E-state index is 12.6. The second-order valence-electron chi connectivity index (χ2n) is 7.71. The van der Waals surface area contributed by atoms with E-state index in [-0.39, 0.29) is 23.4 Å². The number of benzene rings is 1. The molecule has 3 N–H and O–H groups in total. The summed E-state index contributed by atoms with van der Waals surface area (Å²) in [4.78, 5) is 53.8. The largest absolute Gasteiger partial charge is 0.349 e. The quantitative estimate of drug-likeness (QED) is 0.724. The summed E-state index contributed by atoms with van der Waals surface area (Å²) >= 11 is 0.